The van der Waals surface area contributed by atoms with Crippen LogP contribution in [0.2, 0.25) is 0 Å². The van der Waals surface area contributed by atoms with Gasteiger partial charge in [0.1, 0.15) is 6.10 Å². The highest BCUT2D eigenvalue weighted by Crippen LogP contribution is 2.39. The summed E-state index contributed by atoms with van der Waals surface area (Å²) in [5.41, 5.74) is 4.74. The summed E-state index contributed by atoms with van der Waals surface area (Å²) in [6.45, 7) is 10.2. The number of anilines is 1. The van der Waals surface area contributed by atoms with E-state index in [0.29, 0.717) is 23.4 Å². The van der Waals surface area contributed by atoms with Crippen molar-refractivity contribution in [2.45, 2.75) is 57.5 Å². The molecule has 3 heterocycles. The standard InChI is InChI=1S/C29H36N4O3S/c1-18(2)12-22-16-33(5)17-23-14-25(22)21-10-7-11-24(13-21)37(34,35)32-29-30-26(15-27(31-29)36-23)28-19(3)8-6-9-20(28)4/h6-11,13,15,18,22-23,25H,12,14,16-17H2,1-5H3,(H,30,31,32)/t22-,23+,25?/m1/s1. The minimum Gasteiger partial charge on any atom is -0.473 e. The van der Waals surface area contributed by atoms with Crippen molar-refractivity contribution in [3.8, 4) is 17.1 Å². The minimum absolute atomic E-state index is 0.0114. The monoisotopic (exact) mass is 520 g/mol. The van der Waals surface area contributed by atoms with Gasteiger partial charge in [-0.05, 0) is 80.3 Å². The molecule has 0 radical (unpaired) electrons. The van der Waals surface area contributed by atoms with E-state index in [1.807, 2.05) is 50.2 Å². The number of benzene rings is 2. The molecule has 0 spiro atoms. The molecule has 7 nitrogen and oxygen atoms in total. The Labute approximate surface area is 220 Å². The number of likely N-dealkylation sites (tertiary alicyclic amines) is 1. The van der Waals surface area contributed by atoms with Crippen molar-refractivity contribution in [2.24, 2.45) is 11.8 Å². The number of nitrogens with zero attached hydrogens (tertiary/aromatic N) is 3. The Hall–Kier alpha value is -2.97. The van der Waals surface area contributed by atoms with E-state index in [2.05, 4.69) is 46.6 Å². The number of fused-ring (bicyclic) bond motifs is 7. The number of ether oxygens (including phenoxy) is 1. The van der Waals surface area contributed by atoms with Gasteiger partial charge in [0.15, 0.2) is 0 Å². The molecule has 1 fully saturated rings. The first-order chi connectivity index (χ1) is 17.6. The van der Waals surface area contributed by atoms with Crippen LogP contribution in [0.25, 0.3) is 11.3 Å². The van der Waals surface area contributed by atoms with Crippen molar-refractivity contribution < 1.29 is 13.2 Å². The Morgan fingerprint density at radius 2 is 1.78 bits per heavy atom. The fraction of sp³-hybridized carbons (Fsp3) is 0.448. The molecular weight excluding hydrogens is 484 g/mol. The Kier molecular flexibility index (Phi) is 6.98. The van der Waals surface area contributed by atoms with E-state index in [0.717, 1.165) is 48.2 Å². The summed E-state index contributed by atoms with van der Waals surface area (Å²) in [5.74, 6) is 1.49. The van der Waals surface area contributed by atoms with E-state index in [1.54, 1.807) is 6.07 Å². The molecule has 0 saturated carbocycles. The lowest BCUT2D eigenvalue weighted by Gasteiger charge is -2.29. The normalized spacial score (nSPS) is 23.2. The number of likely N-dealkylation sites (N-methyl/N-ethyl adjacent to an activating group) is 1. The van der Waals surface area contributed by atoms with Gasteiger partial charge in [0.2, 0.25) is 11.8 Å². The molecule has 6 bridgehead atoms. The number of hydrogen-bond acceptors (Lipinski definition) is 6. The lowest BCUT2D eigenvalue weighted by molar-refractivity contribution is 0.147. The highest BCUT2D eigenvalue weighted by atomic mass is 32.2. The molecule has 2 aliphatic rings. The highest BCUT2D eigenvalue weighted by Gasteiger charge is 2.34. The molecule has 0 aliphatic carbocycles. The van der Waals surface area contributed by atoms with Gasteiger partial charge in [-0.25, -0.2) is 18.1 Å². The molecule has 196 valence electrons. The predicted molar refractivity (Wildman–Crippen MR) is 146 cm³/mol. The maximum Gasteiger partial charge on any atom is 0.264 e. The van der Waals surface area contributed by atoms with Crippen molar-refractivity contribution in [1.82, 2.24) is 14.9 Å². The Balaban J connectivity index is 1.67. The van der Waals surface area contributed by atoms with Gasteiger partial charge in [-0.1, -0.05) is 44.2 Å². The van der Waals surface area contributed by atoms with Crippen molar-refractivity contribution in [2.75, 3.05) is 24.9 Å². The number of aromatic nitrogens is 2. The SMILES string of the molecule is Cc1cccc(C)c1-c1cc2nc(n1)NS(=O)(=O)c1cccc(c1)C1C[C@@H](CN(C)C[C@H]1CC(C)C)O2. The van der Waals surface area contributed by atoms with Crippen LogP contribution in [0.15, 0.2) is 53.4 Å². The number of sulfonamides is 1. The minimum atomic E-state index is -3.89. The van der Waals surface area contributed by atoms with Gasteiger partial charge < -0.3 is 9.64 Å². The van der Waals surface area contributed by atoms with Crippen LogP contribution in [0.1, 0.15) is 49.3 Å². The van der Waals surface area contributed by atoms with Crippen molar-refractivity contribution >= 4 is 16.0 Å². The molecule has 3 atom stereocenters. The summed E-state index contributed by atoms with van der Waals surface area (Å²) in [5, 5.41) is 0. The molecule has 2 aliphatic heterocycles. The van der Waals surface area contributed by atoms with Crippen LogP contribution in [0.4, 0.5) is 5.95 Å². The Morgan fingerprint density at radius 1 is 1.05 bits per heavy atom. The van der Waals surface area contributed by atoms with Crippen molar-refractivity contribution in [3.63, 3.8) is 0 Å². The molecule has 37 heavy (non-hydrogen) atoms. The largest absolute Gasteiger partial charge is 0.473 e. The second-order valence-corrected chi connectivity index (χ2v) is 12.7. The maximum absolute atomic E-state index is 13.5. The molecule has 3 aromatic rings. The van der Waals surface area contributed by atoms with E-state index in [9.17, 15) is 8.42 Å². The molecule has 5 rings (SSSR count). The fourth-order valence-corrected chi connectivity index (χ4v) is 6.98. The van der Waals surface area contributed by atoms with Gasteiger partial charge in [0.05, 0.1) is 10.6 Å². The van der Waals surface area contributed by atoms with Gasteiger partial charge in [-0.15, -0.1) is 0 Å². The molecule has 1 N–H and O–H groups in total. The summed E-state index contributed by atoms with van der Waals surface area (Å²) in [7, 11) is -1.76. The van der Waals surface area contributed by atoms with Gasteiger partial charge in [-0.3, -0.25) is 0 Å². The lowest BCUT2D eigenvalue weighted by atomic mass is 9.79. The number of nitrogens with one attached hydrogen (secondary N) is 1. The van der Waals surface area contributed by atoms with Gasteiger partial charge in [-0.2, -0.15) is 4.98 Å². The quantitative estimate of drug-likeness (QED) is 0.498. The van der Waals surface area contributed by atoms with Gasteiger partial charge in [0, 0.05) is 24.7 Å². The zero-order chi connectivity index (χ0) is 26.3. The lowest BCUT2D eigenvalue weighted by Crippen LogP contribution is -2.32. The van der Waals surface area contributed by atoms with Crippen LogP contribution in [0.5, 0.6) is 5.88 Å². The Morgan fingerprint density at radius 3 is 2.51 bits per heavy atom. The van der Waals surface area contributed by atoms with E-state index >= 15 is 0 Å². The third kappa shape index (κ3) is 5.50. The molecule has 1 saturated heterocycles. The van der Waals surface area contributed by atoms with Gasteiger partial charge >= 0.3 is 0 Å². The van der Waals surface area contributed by atoms with Crippen LogP contribution in [-0.2, 0) is 10.0 Å². The van der Waals surface area contributed by atoms with Crippen LogP contribution < -0.4 is 9.46 Å². The number of rotatable bonds is 3. The van der Waals surface area contributed by atoms with Gasteiger partial charge in [0.25, 0.3) is 10.0 Å². The van der Waals surface area contributed by atoms with Crippen LogP contribution in [-0.4, -0.2) is 49.5 Å². The molecule has 8 heteroatoms. The maximum atomic E-state index is 13.5. The van der Waals surface area contributed by atoms with Crippen molar-refractivity contribution in [1.29, 1.82) is 0 Å². The van der Waals surface area contributed by atoms with Crippen molar-refractivity contribution in [3.05, 3.63) is 65.2 Å². The molecule has 2 aromatic carbocycles. The fourth-order valence-electron chi connectivity index (χ4n) is 5.98. The first-order valence-electron chi connectivity index (χ1n) is 13.0. The average Bonchev–Trinajstić information content (AvgIpc) is 2.95. The molecule has 1 unspecified atom stereocenters. The summed E-state index contributed by atoms with van der Waals surface area (Å²) in [4.78, 5) is 11.7. The van der Waals surface area contributed by atoms with Crippen LogP contribution >= 0.6 is 0 Å². The third-order valence-corrected chi connectivity index (χ3v) is 8.80. The topological polar surface area (TPSA) is 84.4 Å². The highest BCUT2D eigenvalue weighted by molar-refractivity contribution is 7.92. The summed E-state index contributed by atoms with van der Waals surface area (Å²) in [6.07, 6.45) is 1.75. The summed E-state index contributed by atoms with van der Waals surface area (Å²) in [6, 6.07) is 15.2. The van der Waals surface area contributed by atoms with E-state index in [-0.39, 0.29) is 22.9 Å². The van der Waals surface area contributed by atoms with Crippen LogP contribution in [0, 0.1) is 25.7 Å². The first-order valence-corrected chi connectivity index (χ1v) is 14.5. The number of aryl methyl sites for hydroxylation is 2. The molecule has 0 amide bonds. The van der Waals surface area contributed by atoms with E-state index in [4.69, 9.17) is 4.74 Å². The average molecular weight is 521 g/mol. The van der Waals surface area contributed by atoms with E-state index < -0.39 is 10.0 Å². The second-order valence-electron chi connectivity index (χ2n) is 11.1. The Bertz CT molecular complexity index is 1390. The summed E-state index contributed by atoms with van der Waals surface area (Å²) >= 11 is 0. The predicted octanol–water partition coefficient (Wildman–Crippen LogP) is 5.40. The zero-order valence-electron chi connectivity index (χ0n) is 22.2. The number of hydrogen-bond donors (Lipinski definition) is 1. The van der Waals surface area contributed by atoms with Crippen LogP contribution in [0.3, 0.4) is 0 Å². The first kappa shape index (κ1) is 25.7. The zero-order valence-corrected chi connectivity index (χ0v) is 23.0. The third-order valence-electron chi connectivity index (χ3n) is 7.47. The smallest absolute Gasteiger partial charge is 0.264 e. The second kappa shape index (κ2) is 10.1. The molecular formula is C29H36N4O3S. The van der Waals surface area contributed by atoms with E-state index in [1.165, 1.54) is 0 Å². The molecule has 1 aromatic heterocycles. The summed E-state index contributed by atoms with van der Waals surface area (Å²) < 4.78 is 36.1.